The van der Waals surface area contributed by atoms with E-state index in [0.717, 1.165) is 12.8 Å². The van der Waals surface area contributed by atoms with Gasteiger partial charge in [-0.1, -0.05) is 32.3 Å². The van der Waals surface area contributed by atoms with Gasteiger partial charge in [0, 0.05) is 18.3 Å². The molecular weight excluding hydrogens is 390 g/mol. The van der Waals surface area contributed by atoms with Crippen LogP contribution >= 0.6 is 0 Å². The van der Waals surface area contributed by atoms with Crippen LogP contribution in [0.3, 0.4) is 0 Å². The van der Waals surface area contributed by atoms with E-state index in [1.807, 2.05) is 0 Å². The van der Waals surface area contributed by atoms with E-state index in [1.165, 1.54) is 37.5 Å². The second-order valence-corrected chi connectivity index (χ2v) is 8.92. The predicted octanol–water partition coefficient (Wildman–Crippen LogP) is 3.59. The summed E-state index contributed by atoms with van der Waals surface area (Å²) in [7, 11) is -3.64. The van der Waals surface area contributed by atoms with Crippen molar-refractivity contribution in [2.24, 2.45) is 5.92 Å². The number of ether oxygens (including phenoxy) is 1. The highest BCUT2D eigenvalue weighted by Gasteiger charge is 2.18. The summed E-state index contributed by atoms with van der Waals surface area (Å²) >= 11 is 0. The largest absolute Gasteiger partial charge is 0.489 e. The van der Waals surface area contributed by atoms with Crippen LogP contribution in [0.15, 0.2) is 47.5 Å². The molecule has 1 aromatic heterocycles. The van der Waals surface area contributed by atoms with Crippen molar-refractivity contribution >= 4 is 21.7 Å². The predicted molar refractivity (Wildman–Crippen MR) is 112 cm³/mol. The molecule has 0 aliphatic heterocycles. The molecule has 0 atom stereocenters. The Bertz CT molecular complexity index is 940. The molecule has 0 unspecified atom stereocenters. The summed E-state index contributed by atoms with van der Waals surface area (Å²) in [6.07, 6.45) is 7.65. The zero-order valence-corrected chi connectivity index (χ0v) is 17.4. The highest BCUT2D eigenvalue weighted by atomic mass is 32.2. The molecule has 1 aromatic carbocycles. The van der Waals surface area contributed by atoms with E-state index in [-0.39, 0.29) is 17.0 Å². The zero-order chi connectivity index (χ0) is 20.7. The summed E-state index contributed by atoms with van der Waals surface area (Å²) in [4.78, 5) is 17.0. The monoisotopic (exact) mass is 417 g/mol. The standard InChI is InChI=1S/C21H27N3O4S/c1-2-23-29(26,27)18-11-6-10-17(14-18)21(25)24-20-19(12-7-13-22-20)28-15-16-8-4-3-5-9-16/h6-7,10-14,16,23H,2-5,8-9,15H2,1H3,(H,22,24,25). The molecule has 156 valence electrons. The number of hydrogen-bond donors (Lipinski definition) is 2. The SMILES string of the molecule is CCNS(=O)(=O)c1cccc(C(=O)Nc2ncccc2OCC2CCCCC2)c1. The van der Waals surface area contributed by atoms with Crippen molar-refractivity contribution < 1.29 is 17.9 Å². The minimum absolute atomic E-state index is 0.0433. The van der Waals surface area contributed by atoms with Crippen LogP contribution < -0.4 is 14.8 Å². The second-order valence-electron chi connectivity index (χ2n) is 7.15. The average Bonchev–Trinajstić information content (AvgIpc) is 2.74. The van der Waals surface area contributed by atoms with Crippen molar-refractivity contribution in [2.45, 2.75) is 43.9 Å². The molecule has 0 bridgehead atoms. The van der Waals surface area contributed by atoms with Gasteiger partial charge in [-0.25, -0.2) is 18.1 Å². The quantitative estimate of drug-likeness (QED) is 0.684. The first-order valence-corrected chi connectivity index (χ1v) is 11.5. The van der Waals surface area contributed by atoms with Gasteiger partial charge in [0.2, 0.25) is 10.0 Å². The number of nitrogens with zero attached hydrogens (tertiary/aromatic N) is 1. The number of anilines is 1. The molecule has 0 spiro atoms. The summed E-state index contributed by atoms with van der Waals surface area (Å²) in [6.45, 7) is 2.57. The van der Waals surface area contributed by atoms with Crippen molar-refractivity contribution in [1.29, 1.82) is 0 Å². The molecule has 1 aliphatic rings. The third kappa shape index (κ3) is 5.77. The van der Waals surface area contributed by atoms with Gasteiger partial charge in [-0.05, 0) is 49.1 Å². The number of carbonyl (C=O) groups excluding carboxylic acids is 1. The topological polar surface area (TPSA) is 97.4 Å². The number of amides is 1. The first-order valence-electron chi connectivity index (χ1n) is 9.98. The second kappa shape index (κ2) is 9.84. The summed E-state index contributed by atoms with van der Waals surface area (Å²) in [5, 5.41) is 2.73. The average molecular weight is 418 g/mol. The molecule has 2 aromatic rings. The number of sulfonamides is 1. The molecule has 1 saturated carbocycles. The molecule has 1 amide bonds. The van der Waals surface area contributed by atoms with Crippen LogP contribution in [-0.4, -0.2) is 32.5 Å². The van der Waals surface area contributed by atoms with E-state index in [4.69, 9.17) is 4.74 Å². The number of hydrogen-bond acceptors (Lipinski definition) is 5. The van der Waals surface area contributed by atoms with E-state index in [2.05, 4.69) is 15.0 Å². The fraction of sp³-hybridized carbons (Fsp3) is 0.429. The Balaban J connectivity index is 1.71. The Hall–Kier alpha value is -2.45. The summed E-state index contributed by atoms with van der Waals surface area (Å²) in [5.41, 5.74) is 0.230. The van der Waals surface area contributed by atoms with Gasteiger partial charge >= 0.3 is 0 Å². The normalized spacial score (nSPS) is 15.1. The molecule has 1 fully saturated rings. The minimum Gasteiger partial charge on any atom is -0.489 e. The molecule has 7 nitrogen and oxygen atoms in total. The van der Waals surface area contributed by atoms with Gasteiger partial charge in [-0.15, -0.1) is 0 Å². The Morgan fingerprint density at radius 1 is 1.17 bits per heavy atom. The maximum Gasteiger partial charge on any atom is 0.256 e. The molecule has 3 rings (SSSR count). The van der Waals surface area contributed by atoms with Gasteiger partial charge in [0.15, 0.2) is 11.6 Å². The lowest BCUT2D eigenvalue weighted by Crippen LogP contribution is -2.23. The van der Waals surface area contributed by atoms with Crippen LogP contribution in [0.25, 0.3) is 0 Å². The lowest BCUT2D eigenvalue weighted by molar-refractivity contribution is 0.102. The summed E-state index contributed by atoms with van der Waals surface area (Å²) in [5.74, 6) is 0.927. The van der Waals surface area contributed by atoms with Crippen LogP contribution in [0, 0.1) is 5.92 Å². The van der Waals surface area contributed by atoms with Crippen LogP contribution in [0.4, 0.5) is 5.82 Å². The Labute approximate surface area is 171 Å². The third-order valence-corrected chi connectivity index (χ3v) is 6.49. The first kappa shape index (κ1) is 21.3. The van der Waals surface area contributed by atoms with Crippen LogP contribution in [0.2, 0.25) is 0 Å². The highest BCUT2D eigenvalue weighted by Crippen LogP contribution is 2.27. The van der Waals surface area contributed by atoms with Crippen LogP contribution in [0.1, 0.15) is 49.4 Å². The molecule has 0 radical (unpaired) electrons. The first-order chi connectivity index (χ1) is 14.0. The number of pyridine rings is 1. The number of carbonyl (C=O) groups is 1. The smallest absolute Gasteiger partial charge is 0.256 e. The molecule has 1 aliphatic carbocycles. The molecular formula is C21H27N3O4S. The van der Waals surface area contributed by atoms with E-state index >= 15 is 0 Å². The van der Waals surface area contributed by atoms with Crippen LogP contribution in [0.5, 0.6) is 5.75 Å². The van der Waals surface area contributed by atoms with Gasteiger partial charge < -0.3 is 10.1 Å². The number of aromatic nitrogens is 1. The number of nitrogens with one attached hydrogen (secondary N) is 2. The lowest BCUT2D eigenvalue weighted by Gasteiger charge is -2.22. The Morgan fingerprint density at radius 2 is 1.97 bits per heavy atom. The maximum absolute atomic E-state index is 12.7. The van der Waals surface area contributed by atoms with Gasteiger partial charge in [-0.3, -0.25) is 4.79 Å². The van der Waals surface area contributed by atoms with Crippen molar-refractivity contribution in [3.05, 3.63) is 48.2 Å². The minimum atomic E-state index is -3.64. The molecule has 0 saturated heterocycles. The van der Waals surface area contributed by atoms with E-state index in [9.17, 15) is 13.2 Å². The molecule has 2 N–H and O–H groups in total. The summed E-state index contributed by atoms with van der Waals surface area (Å²) < 4.78 is 32.7. The van der Waals surface area contributed by atoms with E-state index in [1.54, 1.807) is 31.3 Å². The van der Waals surface area contributed by atoms with E-state index < -0.39 is 15.9 Å². The van der Waals surface area contributed by atoms with E-state index in [0.29, 0.717) is 24.1 Å². The van der Waals surface area contributed by atoms with Gasteiger partial charge in [-0.2, -0.15) is 0 Å². The van der Waals surface area contributed by atoms with Gasteiger partial charge in [0.05, 0.1) is 11.5 Å². The molecule has 1 heterocycles. The highest BCUT2D eigenvalue weighted by molar-refractivity contribution is 7.89. The third-order valence-electron chi connectivity index (χ3n) is 4.94. The van der Waals surface area contributed by atoms with Crippen molar-refractivity contribution in [1.82, 2.24) is 9.71 Å². The van der Waals surface area contributed by atoms with Crippen molar-refractivity contribution in [2.75, 3.05) is 18.5 Å². The number of rotatable bonds is 8. The molecule has 8 heteroatoms. The number of benzene rings is 1. The molecule has 29 heavy (non-hydrogen) atoms. The van der Waals surface area contributed by atoms with Crippen molar-refractivity contribution in [3.8, 4) is 5.75 Å². The van der Waals surface area contributed by atoms with Gasteiger partial charge in [0.25, 0.3) is 5.91 Å². The lowest BCUT2D eigenvalue weighted by atomic mass is 9.90. The Kier molecular flexibility index (Phi) is 7.22. The Morgan fingerprint density at radius 3 is 2.72 bits per heavy atom. The van der Waals surface area contributed by atoms with Crippen molar-refractivity contribution in [3.63, 3.8) is 0 Å². The van der Waals surface area contributed by atoms with Gasteiger partial charge in [0.1, 0.15) is 0 Å². The van der Waals surface area contributed by atoms with Crippen LogP contribution in [-0.2, 0) is 10.0 Å². The maximum atomic E-state index is 12.7. The summed E-state index contributed by atoms with van der Waals surface area (Å²) in [6, 6.07) is 9.43. The fourth-order valence-corrected chi connectivity index (χ4v) is 4.51. The fourth-order valence-electron chi connectivity index (χ4n) is 3.42. The zero-order valence-electron chi connectivity index (χ0n) is 16.6.